The largest absolute Gasteiger partial charge is 0.478 e. The maximum absolute atomic E-state index is 12.9. The number of carbonyl (C=O) groups excluding carboxylic acids is 3. The number of imide groups is 2. The Bertz CT molecular complexity index is 1180. The molecule has 156 valence electrons. The van der Waals surface area contributed by atoms with E-state index in [-0.39, 0.29) is 39.3 Å². The summed E-state index contributed by atoms with van der Waals surface area (Å²) in [6.07, 6.45) is 6.31. The molecule has 4 amide bonds. The Morgan fingerprint density at radius 1 is 1.19 bits per heavy atom. The van der Waals surface area contributed by atoms with Gasteiger partial charge in [-0.2, -0.15) is 0 Å². The highest BCUT2D eigenvalue weighted by molar-refractivity contribution is 6.40. The molecule has 0 atom stereocenters. The van der Waals surface area contributed by atoms with Crippen LogP contribution >= 0.6 is 23.2 Å². The van der Waals surface area contributed by atoms with E-state index in [1.165, 1.54) is 36.4 Å². The van der Waals surface area contributed by atoms with Crippen LogP contribution in [0.2, 0.25) is 10.0 Å². The molecule has 11 heteroatoms. The van der Waals surface area contributed by atoms with Gasteiger partial charge < -0.3 is 4.74 Å². The molecule has 0 unspecified atom stereocenters. The molecule has 1 aliphatic rings. The Hall–Kier alpha value is -3.87. The number of halogens is 2. The second-order valence-electron chi connectivity index (χ2n) is 6.04. The topological polar surface area (TPSA) is 119 Å². The van der Waals surface area contributed by atoms with Gasteiger partial charge in [0.05, 0.1) is 20.7 Å². The summed E-state index contributed by atoms with van der Waals surface area (Å²) in [7, 11) is 0. The Labute approximate surface area is 185 Å². The summed E-state index contributed by atoms with van der Waals surface area (Å²) in [5.74, 6) is 0.480. The van der Waals surface area contributed by atoms with Crippen LogP contribution in [0.5, 0.6) is 5.75 Å². The van der Waals surface area contributed by atoms with Crippen molar-refractivity contribution in [1.82, 2.24) is 5.32 Å². The number of ether oxygens (including phenoxy) is 1. The lowest BCUT2D eigenvalue weighted by Gasteiger charge is -2.26. The number of barbiturate groups is 1. The van der Waals surface area contributed by atoms with E-state index in [9.17, 15) is 24.5 Å². The fourth-order valence-electron chi connectivity index (χ4n) is 2.72. The van der Waals surface area contributed by atoms with Crippen molar-refractivity contribution in [1.29, 1.82) is 0 Å². The van der Waals surface area contributed by atoms with E-state index in [0.29, 0.717) is 4.90 Å². The van der Waals surface area contributed by atoms with Crippen molar-refractivity contribution in [2.75, 3.05) is 11.5 Å². The number of nitrogens with one attached hydrogen (secondary N) is 1. The number of urea groups is 1. The molecule has 9 nitrogen and oxygen atoms in total. The van der Waals surface area contributed by atoms with Gasteiger partial charge in [0.1, 0.15) is 12.2 Å². The lowest BCUT2D eigenvalue weighted by Crippen LogP contribution is -2.54. The maximum Gasteiger partial charge on any atom is 0.335 e. The molecule has 0 radical (unpaired) electrons. The van der Waals surface area contributed by atoms with Crippen LogP contribution in [-0.2, 0) is 9.59 Å². The quantitative estimate of drug-likeness (QED) is 0.240. The van der Waals surface area contributed by atoms with Crippen molar-refractivity contribution in [3.05, 3.63) is 67.7 Å². The van der Waals surface area contributed by atoms with Crippen LogP contribution in [0, 0.1) is 22.5 Å². The molecule has 0 aliphatic carbocycles. The highest BCUT2D eigenvalue weighted by Crippen LogP contribution is 2.35. The van der Waals surface area contributed by atoms with Crippen LogP contribution in [0.25, 0.3) is 6.08 Å². The minimum absolute atomic E-state index is 0.0684. The van der Waals surface area contributed by atoms with Crippen LogP contribution in [0.1, 0.15) is 5.56 Å². The number of terminal acetylenes is 1. The van der Waals surface area contributed by atoms with Crippen molar-refractivity contribution < 1.29 is 24.0 Å². The van der Waals surface area contributed by atoms with E-state index in [2.05, 4.69) is 5.92 Å². The van der Waals surface area contributed by atoms with Gasteiger partial charge in [-0.05, 0) is 29.8 Å². The van der Waals surface area contributed by atoms with E-state index in [0.717, 1.165) is 6.07 Å². The first-order chi connectivity index (χ1) is 14.7. The minimum Gasteiger partial charge on any atom is -0.478 e. The number of nitro groups is 1. The first-order valence-electron chi connectivity index (χ1n) is 8.44. The average molecular weight is 460 g/mol. The zero-order valence-corrected chi connectivity index (χ0v) is 16.9. The molecule has 1 heterocycles. The molecule has 2 aromatic carbocycles. The number of benzene rings is 2. The standard InChI is InChI=1S/C20H11Cl2N3O6/c1-2-6-31-17-15(21)8-11(9-16(17)22)7-14-18(26)23-20(28)24(19(14)27)12-4-3-5-13(10-12)25(29)30/h1,3-5,7-10H,6H2,(H,23,26,28)/b14-7+. The van der Waals surface area contributed by atoms with Crippen LogP contribution < -0.4 is 15.0 Å². The summed E-state index contributed by atoms with van der Waals surface area (Å²) in [6, 6.07) is 6.61. The highest BCUT2D eigenvalue weighted by Gasteiger charge is 2.37. The molecule has 1 aliphatic heterocycles. The van der Waals surface area contributed by atoms with Crippen molar-refractivity contribution in [2.24, 2.45) is 0 Å². The molecule has 0 aromatic heterocycles. The number of nitrogens with zero attached hydrogens (tertiary/aromatic N) is 2. The number of carbonyl (C=O) groups is 3. The van der Waals surface area contributed by atoms with E-state index in [1.807, 2.05) is 5.32 Å². The molecule has 1 N–H and O–H groups in total. The molecular formula is C20H11Cl2N3O6. The zero-order valence-electron chi connectivity index (χ0n) is 15.4. The third-order valence-corrected chi connectivity index (χ3v) is 4.59. The Balaban J connectivity index is 2.01. The summed E-state index contributed by atoms with van der Waals surface area (Å²) >= 11 is 12.3. The van der Waals surface area contributed by atoms with Crippen molar-refractivity contribution >= 4 is 58.5 Å². The van der Waals surface area contributed by atoms with Crippen molar-refractivity contribution in [3.63, 3.8) is 0 Å². The third-order valence-electron chi connectivity index (χ3n) is 4.03. The minimum atomic E-state index is -1.04. The highest BCUT2D eigenvalue weighted by atomic mass is 35.5. The van der Waals surface area contributed by atoms with Crippen LogP contribution in [0.3, 0.4) is 0 Å². The molecule has 0 saturated carbocycles. The fraction of sp³-hybridized carbons (Fsp3) is 0.0500. The van der Waals surface area contributed by atoms with Gasteiger partial charge in [-0.1, -0.05) is 35.2 Å². The van der Waals surface area contributed by atoms with E-state index >= 15 is 0 Å². The lowest BCUT2D eigenvalue weighted by atomic mass is 10.1. The zero-order chi connectivity index (χ0) is 22.7. The van der Waals surface area contributed by atoms with Crippen molar-refractivity contribution in [2.45, 2.75) is 0 Å². The first kappa shape index (κ1) is 21.8. The summed E-state index contributed by atoms with van der Waals surface area (Å²) in [5.41, 5.74) is -0.545. The Morgan fingerprint density at radius 2 is 1.87 bits per heavy atom. The number of hydrogen-bond donors (Lipinski definition) is 1. The monoisotopic (exact) mass is 459 g/mol. The first-order valence-corrected chi connectivity index (χ1v) is 9.19. The SMILES string of the molecule is C#CCOc1c(Cl)cc(/C=C2\C(=O)NC(=O)N(c3cccc([N+](=O)[O-])c3)C2=O)cc1Cl. The number of non-ortho nitro benzene ring substituents is 1. The fourth-order valence-corrected chi connectivity index (χ4v) is 3.33. The molecule has 2 aromatic rings. The van der Waals surface area contributed by atoms with E-state index in [4.69, 9.17) is 34.4 Å². The normalized spacial score (nSPS) is 14.9. The second kappa shape index (κ2) is 8.87. The van der Waals surface area contributed by atoms with Crippen LogP contribution in [-0.4, -0.2) is 29.4 Å². The van der Waals surface area contributed by atoms with Gasteiger partial charge in [-0.25, -0.2) is 9.69 Å². The number of amides is 4. The number of nitro benzene ring substituents is 1. The van der Waals surface area contributed by atoms with Gasteiger partial charge in [-0.3, -0.25) is 25.0 Å². The Kier molecular flexibility index (Phi) is 6.25. The van der Waals surface area contributed by atoms with Crippen molar-refractivity contribution in [3.8, 4) is 18.1 Å². The summed E-state index contributed by atoms with van der Waals surface area (Å²) < 4.78 is 5.25. The average Bonchev–Trinajstić information content (AvgIpc) is 2.70. The van der Waals surface area contributed by atoms with Gasteiger partial charge in [0, 0.05) is 12.1 Å². The second-order valence-corrected chi connectivity index (χ2v) is 6.86. The molecule has 3 rings (SSSR count). The predicted octanol–water partition coefficient (Wildman–Crippen LogP) is 3.58. The van der Waals surface area contributed by atoms with Gasteiger partial charge in [0.2, 0.25) is 0 Å². The van der Waals surface area contributed by atoms with Gasteiger partial charge >= 0.3 is 6.03 Å². The third kappa shape index (κ3) is 4.50. The van der Waals surface area contributed by atoms with E-state index in [1.54, 1.807) is 0 Å². The van der Waals surface area contributed by atoms with E-state index < -0.39 is 28.3 Å². The lowest BCUT2D eigenvalue weighted by molar-refractivity contribution is -0.384. The Morgan fingerprint density at radius 3 is 2.48 bits per heavy atom. The number of hydrogen-bond acceptors (Lipinski definition) is 6. The predicted molar refractivity (Wildman–Crippen MR) is 113 cm³/mol. The summed E-state index contributed by atoms with van der Waals surface area (Å²) in [4.78, 5) is 48.4. The maximum atomic E-state index is 12.9. The molecule has 1 saturated heterocycles. The molecule has 0 spiro atoms. The van der Waals surface area contributed by atoms with Gasteiger partial charge in [0.25, 0.3) is 17.5 Å². The molecule has 0 bridgehead atoms. The number of rotatable bonds is 5. The molecule has 1 fully saturated rings. The van der Waals surface area contributed by atoms with Crippen LogP contribution in [0.15, 0.2) is 42.0 Å². The van der Waals surface area contributed by atoms with Gasteiger partial charge in [-0.15, -0.1) is 6.42 Å². The number of anilines is 1. The molecule has 31 heavy (non-hydrogen) atoms. The summed E-state index contributed by atoms with van der Waals surface area (Å²) in [5, 5.41) is 13.2. The van der Waals surface area contributed by atoms with Gasteiger partial charge in [0.15, 0.2) is 5.75 Å². The summed E-state index contributed by atoms with van der Waals surface area (Å²) in [6.45, 7) is -0.0684. The van der Waals surface area contributed by atoms with Crippen LogP contribution in [0.4, 0.5) is 16.2 Å². The molecular weight excluding hydrogens is 449 g/mol. The smallest absolute Gasteiger partial charge is 0.335 e.